The molecule has 1 aliphatic rings. The van der Waals surface area contributed by atoms with Gasteiger partial charge in [0.05, 0.1) is 0 Å². The van der Waals surface area contributed by atoms with Gasteiger partial charge in [-0.1, -0.05) is 60.7 Å². The van der Waals surface area contributed by atoms with E-state index in [0.29, 0.717) is 11.1 Å². The summed E-state index contributed by atoms with van der Waals surface area (Å²) in [6, 6.07) is 18.3. The third-order valence-electron chi connectivity index (χ3n) is 4.67. The van der Waals surface area contributed by atoms with Gasteiger partial charge in [0.15, 0.2) is 5.60 Å². The molecule has 0 bridgehead atoms. The molecule has 0 aromatic heterocycles. The van der Waals surface area contributed by atoms with Crippen LogP contribution in [0.25, 0.3) is 0 Å². The van der Waals surface area contributed by atoms with Gasteiger partial charge in [-0.2, -0.15) is 0 Å². The van der Waals surface area contributed by atoms with Crippen molar-refractivity contribution in [1.82, 2.24) is 10.2 Å². The summed E-state index contributed by atoms with van der Waals surface area (Å²) < 4.78 is 0. The minimum atomic E-state index is -1.68. The maximum absolute atomic E-state index is 13.1. The number of rotatable bonds is 4. The summed E-state index contributed by atoms with van der Waals surface area (Å²) in [7, 11) is 2.05. The van der Waals surface area contributed by atoms with Crippen LogP contribution in [-0.4, -0.2) is 42.1 Å². The van der Waals surface area contributed by atoms with Crippen molar-refractivity contribution in [2.75, 3.05) is 20.1 Å². The van der Waals surface area contributed by atoms with E-state index in [0.717, 1.165) is 25.9 Å². The Bertz CT molecular complexity index is 633. The van der Waals surface area contributed by atoms with E-state index in [1.54, 1.807) is 24.3 Å². The van der Waals surface area contributed by atoms with Crippen molar-refractivity contribution < 1.29 is 9.90 Å². The zero-order chi connectivity index (χ0) is 17.0. The first-order valence-corrected chi connectivity index (χ1v) is 8.43. The molecule has 126 valence electrons. The number of nitrogens with one attached hydrogen (secondary N) is 1. The zero-order valence-corrected chi connectivity index (χ0v) is 14.0. The van der Waals surface area contributed by atoms with Crippen LogP contribution in [0.5, 0.6) is 0 Å². The molecule has 2 aromatic rings. The Kier molecular flexibility index (Phi) is 4.97. The molecule has 3 rings (SSSR count). The summed E-state index contributed by atoms with van der Waals surface area (Å²) in [6.07, 6.45) is 1.99. The van der Waals surface area contributed by atoms with Crippen LogP contribution >= 0.6 is 0 Å². The zero-order valence-electron chi connectivity index (χ0n) is 14.0. The first-order chi connectivity index (χ1) is 11.6. The predicted octanol–water partition coefficient (Wildman–Crippen LogP) is 2.13. The van der Waals surface area contributed by atoms with Crippen LogP contribution in [-0.2, 0) is 10.4 Å². The van der Waals surface area contributed by atoms with Crippen molar-refractivity contribution in [3.8, 4) is 0 Å². The van der Waals surface area contributed by atoms with Crippen LogP contribution in [0.3, 0.4) is 0 Å². The number of carbonyl (C=O) groups is 1. The van der Waals surface area contributed by atoms with E-state index in [9.17, 15) is 9.90 Å². The Labute approximate surface area is 143 Å². The Balaban J connectivity index is 1.91. The van der Waals surface area contributed by atoms with Gasteiger partial charge in [0, 0.05) is 12.6 Å². The van der Waals surface area contributed by atoms with Crippen LogP contribution in [0, 0.1) is 0 Å². The number of hydrogen-bond donors (Lipinski definition) is 2. The molecule has 1 aliphatic heterocycles. The summed E-state index contributed by atoms with van der Waals surface area (Å²) in [6.45, 7) is 1.86. The van der Waals surface area contributed by atoms with E-state index in [4.69, 9.17) is 0 Å². The van der Waals surface area contributed by atoms with Gasteiger partial charge < -0.3 is 15.3 Å². The topological polar surface area (TPSA) is 52.6 Å². The summed E-state index contributed by atoms with van der Waals surface area (Å²) in [4.78, 5) is 15.3. The molecule has 1 atom stereocenters. The Hall–Kier alpha value is -2.17. The molecule has 2 aromatic carbocycles. The highest BCUT2D eigenvalue weighted by atomic mass is 16.3. The monoisotopic (exact) mass is 324 g/mol. The molecular weight excluding hydrogens is 300 g/mol. The highest BCUT2D eigenvalue weighted by Crippen LogP contribution is 2.30. The Morgan fingerprint density at radius 3 is 2.12 bits per heavy atom. The lowest BCUT2D eigenvalue weighted by atomic mass is 9.85. The molecule has 4 heteroatoms. The van der Waals surface area contributed by atoms with E-state index >= 15 is 0 Å². The highest BCUT2D eigenvalue weighted by molar-refractivity contribution is 5.90. The van der Waals surface area contributed by atoms with Gasteiger partial charge in [-0.15, -0.1) is 0 Å². The Morgan fingerprint density at radius 2 is 1.62 bits per heavy atom. The number of nitrogens with zero attached hydrogens (tertiary/aromatic N) is 1. The predicted molar refractivity (Wildman–Crippen MR) is 94.5 cm³/mol. The number of piperidine rings is 1. The summed E-state index contributed by atoms with van der Waals surface area (Å²) in [5, 5.41) is 14.4. The lowest BCUT2D eigenvalue weighted by Gasteiger charge is -2.34. The second kappa shape index (κ2) is 7.16. The van der Waals surface area contributed by atoms with Crippen molar-refractivity contribution in [2.45, 2.75) is 24.5 Å². The second-order valence-corrected chi connectivity index (χ2v) is 6.52. The van der Waals surface area contributed by atoms with Gasteiger partial charge in [-0.05, 0) is 37.6 Å². The molecule has 0 spiro atoms. The van der Waals surface area contributed by atoms with Crippen molar-refractivity contribution in [3.05, 3.63) is 71.8 Å². The minimum Gasteiger partial charge on any atom is -0.372 e. The number of hydrogen-bond acceptors (Lipinski definition) is 3. The smallest absolute Gasteiger partial charge is 0.261 e. The van der Waals surface area contributed by atoms with Gasteiger partial charge >= 0.3 is 0 Å². The molecule has 1 amide bonds. The summed E-state index contributed by atoms with van der Waals surface area (Å²) in [5.41, 5.74) is -0.519. The van der Waals surface area contributed by atoms with Crippen molar-refractivity contribution in [3.63, 3.8) is 0 Å². The second-order valence-electron chi connectivity index (χ2n) is 6.52. The first kappa shape index (κ1) is 16.7. The molecule has 0 aliphatic carbocycles. The number of carbonyl (C=O) groups excluding carboxylic acids is 1. The van der Waals surface area contributed by atoms with Crippen LogP contribution < -0.4 is 5.32 Å². The fourth-order valence-electron chi connectivity index (χ4n) is 3.36. The van der Waals surface area contributed by atoms with Gasteiger partial charge in [0.2, 0.25) is 0 Å². The number of likely N-dealkylation sites (tertiary alicyclic amines) is 1. The van der Waals surface area contributed by atoms with E-state index in [2.05, 4.69) is 17.3 Å². The van der Waals surface area contributed by atoms with Crippen molar-refractivity contribution >= 4 is 5.91 Å². The molecular formula is C20H24N2O2. The van der Waals surface area contributed by atoms with E-state index in [1.165, 1.54) is 0 Å². The summed E-state index contributed by atoms with van der Waals surface area (Å²) in [5.74, 6) is -0.361. The maximum atomic E-state index is 13.1. The summed E-state index contributed by atoms with van der Waals surface area (Å²) >= 11 is 0. The van der Waals surface area contributed by atoms with Crippen molar-refractivity contribution in [2.24, 2.45) is 0 Å². The molecule has 1 fully saturated rings. The SMILES string of the molecule is CN1CCC[C@@H](NC(=O)C(O)(c2ccccc2)c2ccccc2)C1. The molecule has 0 radical (unpaired) electrons. The molecule has 1 heterocycles. The van der Waals surface area contributed by atoms with Gasteiger partial charge in [0.1, 0.15) is 0 Å². The lowest BCUT2D eigenvalue weighted by Crippen LogP contribution is -2.53. The van der Waals surface area contributed by atoms with Crippen LogP contribution in [0.1, 0.15) is 24.0 Å². The third kappa shape index (κ3) is 3.35. The quantitative estimate of drug-likeness (QED) is 0.906. The number of amides is 1. The van der Waals surface area contributed by atoms with Crippen molar-refractivity contribution in [1.29, 1.82) is 0 Å². The van der Waals surface area contributed by atoms with Gasteiger partial charge in [0.25, 0.3) is 5.91 Å². The number of likely N-dealkylation sites (N-methyl/N-ethyl adjacent to an activating group) is 1. The van der Waals surface area contributed by atoms with Gasteiger partial charge in [-0.25, -0.2) is 0 Å². The van der Waals surface area contributed by atoms with Gasteiger partial charge in [-0.3, -0.25) is 4.79 Å². The maximum Gasteiger partial charge on any atom is 0.261 e. The minimum absolute atomic E-state index is 0.0650. The fraction of sp³-hybridized carbons (Fsp3) is 0.350. The van der Waals surface area contributed by atoms with E-state index < -0.39 is 5.60 Å². The molecule has 0 unspecified atom stereocenters. The molecule has 24 heavy (non-hydrogen) atoms. The Morgan fingerprint density at radius 1 is 1.08 bits per heavy atom. The standard InChI is InChI=1S/C20H24N2O2/c1-22-14-8-13-18(15-22)21-19(23)20(24,16-9-4-2-5-10-16)17-11-6-3-7-12-17/h2-7,9-12,18,24H,8,13-15H2,1H3,(H,21,23)/t18-/m1/s1. The average molecular weight is 324 g/mol. The highest BCUT2D eigenvalue weighted by Gasteiger charge is 2.40. The van der Waals surface area contributed by atoms with Crippen LogP contribution in [0.4, 0.5) is 0 Å². The lowest BCUT2D eigenvalue weighted by molar-refractivity contribution is -0.137. The molecule has 1 saturated heterocycles. The molecule has 2 N–H and O–H groups in total. The largest absolute Gasteiger partial charge is 0.372 e. The fourth-order valence-corrected chi connectivity index (χ4v) is 3.36. The van der Waals surface area contributed by atoms with Crippen LogP contribution in [0.15, 0.2) is 60.7 Å². The number of benzene rings is 2. The number of aliphatic hydroxyl groups is 1. The third-order valence-corrected chi connectivity index (χ3v) is 4.67. The average Bonchev–Trinajstić information content (AvgIpc) is 2.62. The van der Waals surface area contributed by atoms with E-state index in [1.807, 2.05) is 36.4 Å². The molecule has 4 nitrogen and oxygen atoms in total. The van der Waals surface area contributed by atoms with E-state index in [-0.39, 0.29) is 11.9 Å². The normalized spacial score (nSPS) is 19.0. The molecule has 0 saturated carbocycles. The van der Waals surface area contributed by atoms with Crippen LogP contribution in [0.2, 0.25) is 0 Å². The first-order valence-electron chi connectivity index (χ1n) is 8.43.